The molecule has 1 atom stereocenters. The molecule has 11 heavy (non-hydrogen) atoms. The summed E-state index contributed by atoms with van der Waals surface area (Å²) in [4.78, 5) is 8.33. The van der Waals surface area contributed by atoms with Gasteiger partial charge in [-0.1, -0.05) is 0 Å². The van der Waals surface area contributed by atoms with Crippen LogP contribution >= 0.6 is 0 Å². The molecule has 0 bridgehead atoms. The normalized spacial score (nSPS) is 27.4. The van der Waals surface area contributed by atoms with Gasteiger partial charge in [-0.25, -0.2) is 0 Å². The monoisotopic (exact) mass is 147 g/mol. The second kappa shape index (κ2) is 2.05. The first-order valence-electron chi connectivity index (χ1n) is 3.52. The standard InChI is InChI=1S/C8H9N3/c1-5-4-11-8-7(5)6(9)2-3-10-8/h2-4,8H,9H2,1H3/t8-/m1/s1. The SMILES string of the molecule is CC1=C2C(N)=CC=N[C@@H]2N=C1. The highest BCUT2D eigenvalue weighted by Gasteiger charge is 2.21. The fraction of sp³-hybridized carbons (Fsp3) is 0.250. The van der Waals surface area contributed by atoms with Crippen molar-refractivity contribution >= 4 is 12.4 Å². The lowest BCUT2D eigenvalue weighted by Gasteiger charge is -2.12. The summed E-state index contributed by atoms with van der Waals surface area (Å²) in [5.74, 6) is 0. The van der Waals surface area contributed by atoms with Gasteiger partial charge in [-0.05, 0) is 18.6 Å². The van der Waals surface area contributed by atoms with Gasteiger partial charge in [-0.15, -0.1) is 0 Å². The van der Waals surface area contributed by atoms with Crippen molar-refractivity contribution in [2.24, 2.45) is 15.7 Å². The van der Waals surface area contributed by atoms with Crippen LogP contribution in [-0.2, 0) is 0 Å². The van der Waals surface area contributed by atoms with Crippen LogP contribution in [0.1, 0.15) is 6.92 Å². The number of rotatable bonds is 0. The minimum atomic E-state index is -0.0556. The number of fused-ring (bicyclic) bond motifs is 1. The minimum Gasteiger partial charge on any atom is -0.398 e. The Morgan fingerprint density at radius 1 is 1.45 bits per heavy atom. The summed E-state index contributed by atoms with van der Waals surface area (Å²) in [6.45, 7) is 2.00. The summed E-state index contributed by atoms with van der Waals surface area (Å²) in [7, 11) is 0. The maximum absolute atomic E-state index is 5.74. The van der Waals surface area contributed by atoms with E-state index in [0.717, 1.165) is 16.8 Å². The Balaban J connectivity index is 2.51. The van der Waals surface area contributed by atoms with Crippen molar-refractivity contribution in [3.8, 4) is 0 Å². The molecule has 0 aliphatic carbocycles. The molecule has 2 aliphatic rings. The lowest BCUT2D eigenvalue weighted by Crippen LogP contribution is -2.15. The van der Waals surface area contributed by atoms with Crippen LogP contribution in [0.4, 0.5) is 0 Å². The summed E-state index contributed by atoms with van der Waals surface area (Å²) >= 11 is 0. The van der Waals surface area contributed by atoms with Crippen LogP contribution < -0.4 is 5.73 Å². The zero-order chi connectivity index (χ0) is 7.84. The van der Waals surface area contributed by atoms with Gasteiger partial charge < -0.3 is 5.73 Å². The summed E-state index contributed by atoms with van der Waals surface area (Å²) in [5.41, 5.74) is 8.72. The summed E-state index contributed by atoms with van der Waals surface area (Å²) in [6, 6.07) is 0. The van der Waals surface area contributed by atoms with Crippen molar-refractivity contribution in [3.05, 3.63) is 22.9 Å². The number of aliphatic imine (C=N–C) groups is 2. The molecule has 0 aromatic rings. The van der Waals surface area contributed by atoms with Gasteiger partial charge in [0.05, 0.1) is 0 Å². The average Bonchev–Trinajstić information content (AvgIpc) is 2.34. The largest absolute Gasteiger partial charge is 0.398 e. The third kappa shape index (κ3) is 0.808. The molecular weight excluding hydrogens is 138 g/mol. The molecule has 3 nitrogen and oxygen atoms in total. The van der Waals surface area contributed by atoms with E-state index in [4.69, 9.17) is 5.73 Å². The van der Waals surface area contributed by atoms with E-state index < -0.39 is 0 Å². The molecule has 56 valence electrons. The Bertz CT molecular complexity index is 307. The van der Waals surface area contributed by atoms with Gasteiger partial charge in [0.15, 0.2) is 6.17 Å². The number of allylic oxidation sites excluding steroid dienone is 2. The third-order valence-electron chi connectivity index (χ3n) is 1.88. The van der Waals surface area contributed by atoms with Crippen molar-refractivity contribution in [3.63, 3.8) is 0 Å². The van der Waals surface area contributed by atoms with Gasteiger partial charge in [0, 0.05) is 23.7 Å². The molecule has 0 aromatic heterocycles. The van der Waals surface area contributed by atoms with Crippen LogP contribution in [0.2, 0.25) is 0 Å². The van der Waals surface area contributed by atoms with E-state index in [0.29, 0.717) is 0 Å². The van der Waals surface area contributed by atoms with Crippen LogP contribution in [0.5, 0.6) is 0 Å². The van der Waals surface area contributed by atoms with Gasteiger partial charge in [-0.3, -0.25) is 9.98 Å². The van der Waals surface area contributed by atoms with Gasteiger partial charge in [0.25, 0.3) is 0 Å². The van der Waals surface area contributed by atoms with Crippen molar-refractivity contribution in [1.29, 1.82) is 0 Å². The first kappa shape index (κ1) is 6.34. The van der Waals surface area contributed by atoms with Gasteiger partial charge in [0.1, 0.15) is 0 Å². The molecule has 0 aromatic carbocycles. The molecule has 0 saturated carbocycles. The molecular formula is C8H9N3. The minimum absolute atomic E-state index is 0.0556. The summed E-state index contributed by atoms with van der Waals surface area (Å²) in [5, 5.41) is 0. The smallest absolute Gasteiger partial charge is 0.167 e. The van der Waals surface area contributed by atoms with Crippen LogP contribution in [0.15, 0.2) is 32.9 Å². The highest BCUT2D eigenvalue weighted by Crippen LogP contribution is 2.24. The van der Waals surface area contributed by atoms with Crippen LogP contribution in [0.25, 0.3) is 0 Å². The maximum Gasteiger partial charge on any atom is 0.167 e. The van der Waals surface area contributed by atoms with Gasteiger partial charge in [-0.2, -0.15) is 0 Å². The Morgan fingerprint density at radius 3 is 3.00 bits per heavy atom. The fourth-order valence-corrected chi connectivity index (χ4v) is 1.31. The number of dihydropyridines is 1. The van der Waals surface area contributed by atoms with E-state index in [9.17, 15) is 0 Å². The molecule has 0 fully saturated rings. The lowest BCUT2D eigenvalue weighted by atomic mass is 10.1. The van der Waals surface area contributed by atoms with E-state index in [2.05, 4.69) is 9.98 Å². The molecule has 2 N–H and O–H groups in total. The predicted molar refractivity (Wildman–Crippen MR) is 45.7 cm³/mol. The first-order valence-corrected chi connectivity index (χ1v) is 3.52. The number of nitrogens with zero attached hydrogens (tertiary/aromatic N) is 2. The van der Waals surface area contributed by atoms with Crippen LogP contribution in [0.3, 0.4) is 0 Å². The molecule has 0 spiro atoms. The number of hydrogen-bond donors (Lipinski definition) is 1. The van der Waals surface area contributed by atoms with Crippen LogP contribution in [-0.4, -0.2) is 18.6 Å². The van der Waals surface area contributed by atoms with E-state index in [1.54, 1.807) is 6.21 Å². The van der Waals surface area contributed by atoms with E-state index >= 15 is 0 Å². The molecule has 2 heterocycles. The van der Waals surface area contributed by atoms with Gasteiger partial charge in [0.2, 0.25) is 0 Å². The molecule has 2 aliphatic heterocycles. The molecule has 0 amide bonds. The number of hydrogen-bond acceptors (Lipinski definition) is 3. The van der Waals surface area contributed by atoms with Crippen molar-refractivity contribution in [2.45, 2.75) is 13.1 Å². The second-order valence-corrected chi connectivity index (χ2v) is 2.67. The average molecular weight is 147 g/mol. The quantitative estimate of drug-likeness (QED) is 0.537. The van der Waals surface area contributed by atoms with E-state index in [-0.39, 0.29) is 6.17 Å². The van der Waals surface area contributed by atoms with Crippen LogP contribution in [0, 0.1) is 0 Å². The first-order chi connectivity index (χ1) is 5.29. The third-order valence-corrected chi connectivity index (χ3v) is 1.88. The maximum atomic E-state index is 5.74. The van der Waals surface area contributed by atoms with Crippen molar-refractivity contribution in [1.82, 2.24) is 0 Å². The topological polar surface area (TPSA) is 50.7 Å². The Kier molecular flexibility index (Phi) is 1.18. The highest BCUT2D eigenvalue weighted by atomic mass is 15.0. The molecule has 0 saturated heterocycles. The van der Waals surface area contributed by atoms with E-state index in [1.807, 2.05) is 19.2 Å². The molecule has 3 heteroatoms. The highest BCUT2D eigenvalue weighted by molar-refractivity contribution is 5.87. The Hall–Kier alpha value is -1.38. The van der Waals surface area contributed by atoms with Crippen molar-refractivity contribution < 1.29 is 0 Å². The molecule has 0 unspecified atom stereocenters. The van der Waals surface area contributed by atoms with E-state index in [1.165, 1.54) is 0 Å². The van der Waals surface area contributed by atoms with Gasteiger partial charge >= 0.3 is 0 Å². The number of nitrogens with two attached hydrogens (primary N) is 1. The predicted octanol–water partition coefficient (Wildman–Crippen LogP) is 0.640. The lowest BCUT2D eigenvalue weighted by molar-refractivity contribution is 0.840. The zero-order valence-corrected chi connectivity index (χ0v) is 6.28. The second-order valence-electron chi connectivity index (χ2n) is 2.67. The van der Waals surface area contributed by atoms with Crippen molar-refractivity contribution in [2.75, 3.05) is 0 Å². The Morgan fingerprint density at radius 2 is 2.27 bits per heavy atom. The summed E-state index contributed by atoms with van der Waals surface area (Å²) in [6.07, 6.45) is 5.28. The Labute approximate surface area is 65.0 Å². The summed E-state index contributed by atoms with van der Waals surface area (Å²) < 4.78 is 0. The zero-order valence-electron chi connectivity index (χ0n) is 6.28. The molecule has 0 radical (unpaired) electrons. The fourth-order valence-electron chi connectivity index (χ4n) is 1.31. The molecule has 2 rings (SSSR count).